The van der Waals surface area contributed by atoms with Crippen molar-refractivity contribution in [3.63, 3.8) is 0 Å². The maximum absolute atomic E-state index is 5.25. The highest BCUT2D eigenvalue weighted by Crippen LogP contribution is 2.28. The van der Waals surface area contributed by atoms with Crippen LogP contribution in [0.2, 0.25) is 0 Å². The fourth-order valence-electron chi connectivity index (χ4n) is 2.39. The molecule has 1 aliphatic heterocycles. The molecular formula is C14H21BrN2O. The summed E-state index contributed by atoms with van der Waals surface area (Å²) in [5.74, 6) is 0.882. The summed E-state index contributed by atoms with van der Waals surface area (Å²) in [6.45, 7) is 4.46. The summed E-state index contributed by atoms with van der Waals surface area (Å²) in [5.41, 5.74) is 1.29. The Morgan fingerprint density at radius 2 is 2.11 bits per heavy atom. The first-order valence-electron chi connectivity index (χ1n) is 6.51. The van der Waals surface area contributed by atoms with Crippen molar-refractivity contribution in [2.24, 2.45) is 0 Å². The molecular weight excluding hydrogens is 292 g/mol. The third kappa shape index (κ3) is 3.46. The third-order valence-corrected chi connectivity index (χ3v) is 4.12. The van der Waals surface area contributed by atoms with Crippen molar-refractivity contribution in [1.29, 1.82) is 0 Å². The molecule has 2 rings (SSSR count). The van der Waals surface area contributed by atoms with Crippen LogP contribution in [0.1, 0.15) is 31.4 Å². The molecule has 0 spiro atoms. The van der Waals surface area contributed by atoms with Gasteiger partial charge in [0, 0.05) is 12.1 Å². The number of hydrogen-bond donors (Lipinski definition) is 2. The lowest BCUT2D eigenvalue weighted by Gasteiger charge is -2.27. The lowest BCUT2D eigenvalue weighted by molar-refractivity contribution is 0.359. The Balaban J connectivity index is 1.99. The van der Waals surface area contributed by atoms with Gasteiger partial charge in [-0.2, -0.15) is 0 Å². The molecule has 100 valence electrons. The fourth-order valence-corrected chi connectivity index (χ4v) is 2.95. The lowest BCUT2D eigenvalue weighted by Crippen LogP contribution is -2.40. The average molecular weight is 313 g/mol. The summed E-state index contributed by atoms with van der Waals surface area (Å²) in [6, 6.07) is 7.28. The van der Waals surface area contributed by atoms with Gasteiger partial charge in [0.2, 0.25) is 0 Å². The Kier molecular flexibility index (Phi) is 5.03. The van der Waals surface area contributed by atoms with Gasteiger partial charge < -0.3 is 15.4 Å². The largest absolute Gasteiger partial charge is 0.496 e. The molecule has 18 heavy (non-hydrogen) atoms. The van der Waals surface area contributed by atoms with Gasteiger partial charge >= 0.3 is 0 Å². The van der Waals surface area contributed by atoms with Crippen LogP contribution in [0.3, 0.4) is 0 Å². The SMILES string of the molecule is COc1ccc(C(C)NC2CCNCC2)cc1Br. The minimum atomic E-state index is 0.371. The molecule has 0 aromatic heterocycles. The van der Waals surface area contributed by atoms with E-state index in [4.69, 9.17) is 4.74 Å². The van der Waals surface area contributed by atoms with Gasteiger partial charge in [-0.25, -0.2) is 0 Å². The van der Waals surface area contributed by atoms with Gasteiger partial charge in [0.1, 0.15) is 5.75 Å². The van der Waals surface area contributed by atoms with E-state index >= 15 is 0 Å². The molecule has 1 unspecified atom stereocenters. The predicted molar refractivity (Wildman–Crippen MR) is 78.1 cm³/mol. The first-order valence-corrected chi connectivity index (χ1v) is 7.30. The van der Waals surface area contributed by atoms with Crippen LogP contribution in [0.5, 0.6) is 5.75 Å². The highest BCUT2D eigenvalue weighted by molar-refractivity contribution is 9.10. The Morgan fingerprint density at radius 3 is 2.72 bits per heavy atom. The third-order valence-electron chi connectivity index (χ3n) is 3.50. The van der Waals surface area contributed by atoms with Crippen molar-refractivity contribution in [2.45, 2.75) is 31.8 Å². The first kappa shape index (κ1) is 13.8. The number of rotatable bonds is 4. The lowest BCUT2D eigenvalue weighted by atomic mass is 10.0. The Hall–Kier alpha value is -0.580. The fraction of sp³-hybridized carbons (Fsp3) is 0.571. The molecule has 2 N–H and O–H groups in total. The van der Waals surface area contributed by atoms with Gasteiger partial charge in [0.25, 0.3) is 0 Å². The van der Waals surface area contributed by atoms with Crippen molar-refractivity contribution < 1.29 is 4.74 Å². The molecule has 3 nitrogen and oxygen atoms in total. The summed E-state index contributed by atoms with van der Waals surface area (Å²) >= 11 is 3.54. The number of ether oxygens (including phenoxy) is 1. The maximum Gasteiger partial charge on any atom is 0.133 e. The highest BCUT2D eigenvalue weighted by atomic mass is 79.9. The second kappa shape index (κ2) is 6.55. The van der Waals surface area contributed by atoms with Gasteiger partial charge in [0.05, 0.1) is 11.6 Å². The van der Waals surface area contributed by atoms with Crippen LogP contribution in [0.15, 0.2) is 22.7 Å². The monoisotopic (exact) mass is 312 g/mol. The van der Waals surface area contributed by atoms with Crippen LogP contribution in [0.25, 0.3) is 0 Å². The van der Waals surface area contributed by atoms with Gasteiger partial charge in [-0.1, -0.05) is 6.07 Å². The molecule has 4 heteroatoms. The zero-order valence-corrected chi connectivity index (χ0v) is 12.6. The Bertz CT molecular complexity index is 391. The first-order chi connectivity index (χ1) is 8.70. The van der Waals surface area contributed by atoms with E-state index in [1.165, 1.54) is 18.4 Å². The van der Waals surface area contributed by atoms with Crippen molar-refractivity contribution >= 4 is 15.9 Å². The molecule has 1 heterocycles. The average Bonchev–Trinajstić information content (AvgIpc) is 2.39. The van der Waals surface area contributed by atoms with Crippen molar-refractivity contribution in [2.75, 3.05) is 20.2 Å². The van der Waals surface area contributed by atoms with Gasteiger partial charge in [0.15, 0.2) is 0 Å². The molecule has 1 aromatic carbocycles. The maximum atomic E-state index is 5.25. The van der Waals surface area contributed by atoms with Crippen molar-refractivity contribution in [1.82, 2.24) is 10.6 Å². The minimum absolute atomic E-state index is 0.371. The number of nitrogens with one attached hydrogen (secondary N) is 2. The summed E-state index contributed by atoms with van der Waals surface area (Å²) in [7, 11) is 1.69. The topological polar surface area (TPSA) is 33.3 Å². The van der Waals surface area contributed by atoms with Crippen LogP contribution in [0.4, 0.5) is 0 Å². The van der Waals surface area contributed by atoms with E-state index in [-0.39, 0.29) is 0 Å². The molecule has 0 radical (unpaired) electrons. The van der Waals surface area contributed by atoms with Gasteiger partial charge in [-0.05, 0) is 66.5 Å². The zero-order chi connectivity index (χ0) is 13.0. The normalized spacial score (nSPS) is 18.6. The van der Waals surface area contributed by atoms with E-state index in [1.807, 2.05) is 6.07 Å². The number of hydrogen-bond acceptors (Lipinski definition) is 3. The molecule has 0 aliphatic carbocycles. The van der Waals surface area contributed by atoms with Crippen molar-refractivity contribution in [3.05, 3.63) is 28.2 Å². The van der Waals surface area contributed by atoms with Crippen LogP contribution in [0, 0.1) is 0 Å². The molecule has 0 bridgehead atoms. The number of halogens is 1. The molecule has 0 saturated carbocycles. The number of piperidine rings is 1. The van der Waals surface area contributed by atoms with Crippen LogP contribution in [-0.4, -0.2) is 26.2 Å². The highest BCUT2D eigenvalue weighted by Gasteiger charge is 2.16. The van der Waals surface area contributed by atoms with Gasteiger partial charge in [-0.15, -0.1) is 0 Å². The Labute approximate surface area is 117 Å². The standard InChI is InChI=1S/C14H21BrN2O/c1-10(17-12-5-7-16-8-6-12)11-3-4-14(18-2)13(15)9-11/h3-4,9-10,12,16-17H,5-8H2,1-2H3. The van der Waals surface area contributed by atoms with E-state index in [0.29, 0.717) is 12.1 Å². The van der Waals surface area contributed by atoms with Crippen LogP contribution >= 0.6 is 15.9 Å². The summed E-state index contributed by atoms with van der Waals surface area (Å²) in [5, 5.41) is 7.09. The smallest absolute Gasteiger partial charge is 0.133 e. The predicted octanol–water partition coefficient (Wildman–Crippen LogP) is 2.86. The quantitative estimate of drug-likeness (QED) is 0.897. The molecule has 1 fully saturated rings. The molecule has 0 amide bonds. The van der Waals surface area contributed by atoms with E-state index in [9.17, 15) is 0 Å². The van der Waals surface area contributed by atoms with E-state index < -0.39 is 0 Å². The van der Waals surface area contributed by atoms with Gasteiger partial charge in [-0.3, -0.25) is 0 Å². The zero-order valence-electron chi connectivity index (χ0n) is 11.0. The molecule has 1 atom stereocenters. The van der Waals surface area contributed by atoms with E-state index in [0.717, 1.165) is 23.3 Å². The number of benzene rings is 1. The minimum Gasteiger partial charge on any atom is -0.496 e. The van der Waals surface area contributed by atoms with Crippen LogP contribution < -0.4 is 15.4 Å². The van der Waals surface area contributed by atoms with E-state index in [2.05, 4.69) is 45.6 Å². The molecule has 1 saturated heterocycles. The summed E-state index contributed by atoms with van der Waals surface area (Å²) < 4.78 is 6.27. The summed E-state index contributed by atoms with van der Waals surface area (Å²) in [4.78, 5) is 0. The number of methoxy groups -OCH3 is 1. The molecule has 1 aromatic rings. The van der Waals surface area contributed by atoms with Crippen molar-refractivity contribution in [3.8, 4) is 5.75 Å². The van der Waals surface area contributed by atoms with Crippen LogP contribution in [-0.2, 0) is 0 Å². The summed E-state index contributed by atoms with van der Waals surface area (Å²) in [6.07, 6.45) is 2.42. The van der Waals surface area contributed by atoms with E-state index in [1.54, 1.807) is 7.11 Å². The Morgan fingerprint density at radius 1 is 1.39 bits per heavy atom. The second-order valence-electron chi connectivity index (χ2n) is 4.81. The molecule has 1 aliphatic rings. The second-order valence-corrected chi connectivity index (χ2v) is 5.66.